The minimum Gasteiger partial charge on any atom is -0.491 e. The zero-order valence-electron chi connectivity index (χ0n) is 15.5. The summed E-state index contributed by atoms with van der Waals surface area (Å²) in [5, 5.41) is 0.819. The van der Waals surface area contributed by atoms with Crippen LogP contribution in [0.25, 0.3) is 0 Å². The highest BCUT2D eigenvalue weighted by molar-refractivity contribution is 6.54. The molecule has 4 rings (SSSR count). The van der Waals surface area contributed by atoms with Crippen LogP contribution in [-0.2, 0) is 4.74 Å². The van der Waals surface area contributed by atoms with Crippen molar-refractivity contribution in [1.29, 1.82) is 0 Å². The van der Waals surface area contributed by atoms with E-state index in [-0.39, 0.29) is 22.6 Å². The van der Waals surface area contributed by atoms with Crippen LogP contribution in [0.3, 0.4) is 0 Å². The molecule has 0 aliphatic heterocycles. The third kappa shape index (κ3) is 2.49. The average molecular weight is 344 g/mol. The van der Waals surface area contributed by atoms with E-state index in [1.165, 1.54) is 12.3 Å². The molecule has 3 aliphatic rings. The van der Waals surface area contributed by atoms with Crippen LogP contribution in [-0.4, -0.2) is 58.3 Å². The van der Waals surface area contributed by atoms with Crippen molar-refractivity contribution >= 4 is 37.5 Å². The predicted octanol–water partition coefficient (Wildman–Crippen LogP) is 1.68. The normalized spacial score (nSPS) is 23.0. The second kappa shape index (κ2) is 4.96. The molecular formula is C17H20B4N2O3. The number of rotatable bonds is 4. The van der Waals surface area contributed by atoms with E-state index in [0.717, 1.165) is 30.4 Å². The van der Waals surface area contributed by atoms with E-state index in [4.69, 9.17) is 40.9 Å². The summed E-state index contributed by atoms with van der Waals surface area (Å²) in [7, 11) is 25.2. The highest BCUT2D eigenvalue weighted by atomic mass is 16.6. The Hall–Kier alpha value is -1.26. The molecule has 26 heavy (non-hydrogen) atoms. The topological polar surface area (TPSA) is 53.4 Å². The van der Waals surface area contributed by atoms with E-state index in [9.17, 15) is 4.79 Å². The van der Waals surface area contributed by atoms with Gasteiger partial charge in [-0.1, -0.05) is 5.21 Å². The van der Waals surface area contributed by atoms with Gasteiger partial charge in [0.05, 0.1) is 15.7 Å². The smallest absolute Gasteiger partial charge is 0.435 e. The molecule has 1 aromatic heterocycles. The van der Waals surface area contributed by atoms with Crippen LogP contribution in [0.1, 0.15) is 46.5 Å². The molecule has 0 saturated heterocycles. The van der Waals surface area contributed by atoms with Crippen LogP contribution >= 0.6 is 0 Å². The Labute approximate surface area is 159 Å². The van der Waals surface area contributed by atoms with Crippen molar-refractivity contribution in [2.24, 2.45) is 16.7 Å². The third-order valence-electron chi connectivity index (χ3n) is 6.16. The number of hydrogen-bond acceptors (Lipinski definition) is 4. The number of hydrogen-bond donors (Lipinski definition) is 0. The van der Waals surface area contributed by atoms with E-state index in [1.807, 2.05) is 0 Å². The lowest BCUT2D eigenvalue weighted by Crippen LogP contribution is -2.52. The van der Waals surface area contributed by atoms with Crippen molar-refractivity contribution in [1.82, 2.24) is 9.78 Å². The molecule has 0 unspecified atom stereocenters. The molecule has 8 radical (unpaired) electrons. The maximum Gasteiger partial charge on any atom is 0.435 e. The fourth-order valence-electron chi connectivity index (χ4n) is 4.75. The summed E-state index contributed by atoms with van der Waals surface area (Å²) in [6, 6.07) is 1.47. The molecule has 5 nitrogen and oxygen atoms in total. The second-order valence-corrected chi connectivity index (χ2v) is 9.15. The van der Waals surface area contributed by atoms with Gasteiger partial charge in [-0.15, -0.1) is 5.10 Å². The summed E-state index contributed by atoms with van der Waals surface area (Å²) in [5.41, 5.74) is -0.220. The fraction of sp³-hybridized carbons (Fsp3) is 0.765. The number of carbonyl (C=O) groups excluding carboxylic acids is 1. The Morgan fingerprint density at radius 1 is 1.15 bits per heavy atom. The summed E-state index contributed by atoms with van der Waals surface area (Å²) in [5.74, 6) is 0.113. The van der Waals surface area contributed by atoms with Gasteiger partial charge in [-0.25, -0.2) is 4.79 Å². The number of fused-ring (bicyclic) bond motifs is 1. The largest absolute Gasteiger partial charge is 0.491 e. The molecule has 3 saturated carbocycles. The van der Waals surface area contributed by atoms with E-state index in [0.29, 0.717) is 0 Å². The first-order valence-electron chi connectivity index (χ1n) is 8.98. The Morgan fingerprint density at radius 3 is 2.15 bits per heavy atom. The molecule has 1 heterocycles. The Morgan fingerprint density at radius 2 is 1.69 bits per heavy atom. The molecule has 1 aromatic rings. The molecule has 9 heteroatoms. The van der Waals surface area contributed by atoms with Crippen LogP contribution in [0.5, 0.6) is 5.88 Å². The first-order valence-corrected chi connectivity index (χ1v) is 8.98. The van der Waals surface area contributed by atoms with Gasteiger partial charge < -0.3 is 9.47 Å². The lowest BCUT2D eigenvalue weighted by atomic mass is 9.33. The van der Waals surface area contributed by atoms with Crippen LogP contribution in [0.4, 0.5) is 4.79 Å². The first-order chi connectivity index (χ1) is 11.8. The van der Waals surface area contributed by atoms with Crippen LogP contribution < -0.4 is 4.74 Å². The minimum atomic E-state index is -1.81. The van der Waals surface area contributed by atoms with Gasteiger partial charge in [-0.2, -0.15) is 4.68 Å². The van der Waals surface area contributed by atoms with Gasteiger partial charge in [-0.3, -0.25) is 0 Å². The van der Waals surface area contributed by atoms with Crippen LogP contribution in [0.2, 0.25) is 5.21 Å². The highest BCUT2D eigenvalue weighted by Gasteiger charge is 2.89. The predicted molar refractivity (Wildman–Crippen MR) is 99.8 cm³/mol. The number of carbonyl (C=O) groups is 1. The molecule has 3 fully saturated rings. The molecular weight excluding hydrogens is 323 g/mol. The van der Waals surface area contributed by atoms with Gasteiger partial charge >= 0.3 is 6.09 Å². The average Bonchev–Trinajstić information content (AvgIpc) is 3.42. The van der Waals surface area contributed by atoms with Crippen molar-refractivity contribution in [3.8, 4) is 5.88 Å². The molecule has 0 amide bonds. The van der Waals surface area contributed by atoms with E-state index >= 15 is 0 Å². The maximum atomic E-state index is 12.1. The van der Waals surface area contributed by atoms with Crippen molar-refractivity contribution in [3.63, 3.8) is 0 Å². The molecule has 0 bridgehead atoms. The van der Waals surface area contributed by atoms with Crippen LogP contribution in [0, 0.1) is 16.7 Å². The second-order valence-electron chi connectivity index (χ2n) is 9.15. The van der Waals surface area contributed by atoms with Crippen molar-refractivity contribution in [3.05, 3.63) is 12.3 Å². The minimum absolute atomic E-state index is 0.0467. The Balaban J connectivity index is 1.48. The van der Waals surface area contributed by atoms with E-state index in [1.54, 1.807) is 20.8 Å². The monoisotopic (exact) mass is 344 g/mol. The maximum absolute atomic E-state index is 12.1. The lowest BCUT2D eigenvalue weighted by Gasteiger charge is -2.45. The molecule has 0 aromatic carbocycles. The SMILES string of the molecule is [B]C([B])(Oc1ccn(C(=O)OC(C)(C)C)n1)C([B])([B])C1C2(CC2)C12CC2. The zero-order valence-corrected chi connectivity index (χ0v) is 15.5. The van der Waals surface area contributed by atoms with Crippen molar-refractivity contribution in [2.75, 3.05) is 0 Å². The van der Waals surface area contributed by atoms with Gasteiger partial charge in [-0.05, 0) is 63.2 Å². The first kappa shape index (κ1) is 18.1. The third-order valence-corrected chi connectivity index (χ3v) is 6.16. The summed E-state index contributed by atoms with van der Waals surface area (Å²) < 4.78 is 11.9. The van der Waals surface area contributed by atoms with Gasteiger partial charge in [0.1, 0.15) is 21.3 Å². The van der Waals surface area contributed by atoms with Crippen molar-refractivity contribution < 1.29 is 14.3 Å². The lowest BCUT2D eigenvalue weighted by molar-refractivity contribution is 0.0510. The van der Waals surface area contributed by atoms with Crippen molar-refractivity contribution in [2.45, 2.75) is 62.7 Å². The molecule has 0 atom stereocenters. The summed E-state index contributed by atoms with van der Waals surface area (Å²) in [4.78, 5) is 12.1. The number of nitrogens with zero attached hydrogens (tertiary/aromatic N) is 2. The van der Waals surface area contributed by atoms with E-state index in [2.05, 4.69) is 5.10 Å². The fourth-order valence-corrected chi connectivity index (χ4v) is 4.75. The number of aromatic nitrogens is 2. The van der Waals surface area contributed by atoms with E-state index < -0.39 is 22.3 Å². The molecule has 128 valence electrons. The summed E-state index contributed by atoms with van der Waals surface area (Å²) >= 11 is 0. The molecule has 0 N–H and O–H groups in total. The molecule has 2 spiro atoms. The Kier molecular flexibility index (Phi) is 3.46. The summed E-state index contributed by atoms with van der Waals surface area (Å²) in [6.07, 6.45) is 5.27. The van der Waals surface area contributed by atoms with Crippen LogP contribution in [0.15, 0.2) is 12.3 Å². The standard InChI is InChI=1S/C17H20B4N2O3/c1-13(2,3)26-12(24)23-9-4-10(22-23)25-17(20,21)16(18,19)11-14(5-6-14)15(11)7-8-15/h4,9,11H,5-8H2,1-3H3. The quantitative estimate of drug-likeness (QED) is 0.781. The van der Waals surface area contributed by atoms with Gasteiger partial charge in [0, 0.05) is 17.7 Å². The van der Waals surface area contributed by atoms with Gasteiger partial charge in [0.25, 0.3) is 0 Å². The summed E-state index contributed by atoms with van der Waals surface area (Å²) in [6.45, 7) is 5.31. The number of ether oxygens (including phenoxy) is 2. The highest BCUT2D eigenvalue weighted by Crippen LogP contribution is 2.96. The molecule has 3 aliphatic carbocycles. The zero-order chi connectivity index (χ0) is 19.2. The van der Waals surface area contributed by atoms with Gasteiger partial charge in [0.2, 0.25) is 5.88 Å². The Bertz CT molecular complexity index is 742. The van der Waals surface area contributed by atoms with Gasteiger partial charge in [0.15, 0.2) is 0 Å².